The molecule has 0 aromatic heterocycles. The van der Waals surface area contributed by atoms with Gasteiger partial charge in [0, 0.05) is 23.3 Å². The van der Waals surface area contributed by atoms with Gasteiger partial charge in [0.05, 0.1) is 4.90 Å². The first-order valence-electron chi connectivity index (χ1n) is 6.91. The molecule has 21 heavy (non-hydrogen) atoms. The summed E-state index contributed by atoms with van der Waals surface area (Å²) < 4.78 is 40.9. The van der Waals surface area contributed by atoms with Crippen LogP contribution in [0.15, 0.2) is 17.0 Å². The number of nitrogens with two attached hydrogens (primary N) is 1. The van der Waals surface area contributed by atoms with E-state index in [1.165, 1.54) is 13.0 Å². The predicted molar refractivity (Wildman–Crippen MR) is 81.0 cm³/mol. The van der Waals surface area contributed by atoms with E-state index in [0.717, 1.165) is 25.3 Å². The van der Waals surface area contributed by atoms with Crippen molar-refractivity contribution < 1.29 is 12.8 Å². The molecule has 0 bridgehead atoms. The Morgan fingerprint density at radius 2 is 2.00 bits per heavy atom. The molecule has 1 aromatic carbocycles. The fourth-order valence-corrected chi connectivity index (χ4v) is 3.68. The van der Waals surface area contributed by atoms with Crippen molar-refractivity contribution in [2.24, 2.45) is 0 Å². The molecule has 2 rings (SSSR count). The summed E-state index contributed by atoms with van der Waals surface area (Å²) >= 11 is 0. The number of likely N-dealkylation sites (N-methyl/N-ethyl adjacent to an activating group) is 1. The number of benzene rings is 1. The largest absolute Gasteiger partial charge is 0.398 e. The van der Waals surface area contributed by atoms with Crippen LogP contribution in [0, 0.1) is 12.7 Å². The van der Waals surface area contributed by atoms with Gasteiger partial charge in [-0.3, -0.25) is 0 Å². The summed E-state index contributed by atoms with van der Waals surface area (Å²) in [4.78, 5) is 1.92. The van der Waals surface area contributed by atoms with Gasteiger partial charge in [0.15, 0.2) is 0 Å². The molecular formula is C14H22FN3O2S. The molecule has 118 valence electrons. The number of rotatable bonds is 5. The zero-order chi connectivity index (χ0) is 15.8. The lowest BCUT2D eigenvalue weighted by Crippen LogP contribution is -2.57. The zero-order valence-electron chi connectivity index (χ0n) is 12.6. The quantitative estimate of drug-likeness (QED) is 0.807. The van der Waals surface area contributed by atoms with Crippen LogP contribution < -0.4 is 10.5 Å². The van der Waals surface area contributed by atoms with E-state index in [9.17, 15) is 12.8 Å². The number of anilines is 1. The Morgan fingerprint density at radius 3 is 2.43 bits per heavy atom. The predicted octanol–water partition coefficient (Wildman–Crippen LogP) is 1.48. The molecule has 1 aromatic rings. The molecule has 0 aliphatic heterocycles. The summed E-state index contributed by atoms with van der Waals surface area (Å²) in [6.45, 7) is 1.83. The van der Waals surface area contributed by atoms with E-state index in [-0.39, 0.29) is 21.7 Å². The third kappa shape index (κ3) is 3.04. The number of nitrogen functional groups attached to an aromatic ring is 1. The number of nitrogens with one attached hydrogen (secondary N) is 1. The van der Waals surface area contributed by atoms with Crippen LogP contribution in [0.25, 0.3) is 0 Å². The minimum Gasteiger partial charge on any atom is -0.398 e. The van der Waals surface area contributed by atoms with Gasteiger partial charge in [0.1, 0.15) is 5.82 Å². The average molecular weight is 315 g/mol. The highest BCUT2D eigenvalue weighted by Gasteiger charge is 2.39. The first kappa shape index (κ1) is 16.2. The van der Waals surface area contributed by atoms with E-state index >= 15 is 0 Å². The molecule has 3 N–H and O–H groups in total. The number of hydrogen-bond acceptors (Lipinski definition) is 4. The first-order valence-corrected chi connectivity index (χ1v) is 8.39. The molecule has 1 aliphatic carbocycles. The van der Waals surface area contributed by atoms with Crippen LogP contribution in [0.2, 0.25) is 0 Å². The number of nitrogens with zero attached hydrogens (tertiary/aromatic N) is 1. The fraction of sp³-hybridized carbons (Fsp3) is 0.571. The topological polar surface area (TPSA) is 75.4 Å². The Morgan fingerprint density at radius 1 is 1.38 bits per heavy atom. The van der Waals surface area contributed by atoms with Crippen molar-refractivity contribution in [2.75, 3.05) is 26.4 Å². The molecule has 0 spiro atoms. The molecule has 0 amide bonds. The highest BCUT2D eigenvalue weighted by Crippen LogP contribution is 2.35. The van der Waals surface area contributed by atoms with Crippen molar-refractivity contribution in [3.63, 3.8) is 0 Å². The van der Waals surface area contributed by atoms with Gasteiger partial charge >= 0.3 is 0 Å². The van der Waals surface area contributed by atoms with Crippen LogP contribution in [-0.4, -0.2) is 39.5 Å². The monoisotopic (exact) mass is 315 g/mol. The minimum absolute atomic E-state index is 0.128. The Kier molecular flexibility index (Phi) is 4.28. The maximum atomic E-state index is 13.7. The van der Waals surface area contributed by atoms with Crippen LogP contribution in [0.4, 0.5) is 10.1 Å². The van der Waals surface area contributed by atoms with Gasteiger partial charge in [-0.25, -0.2) is 17.5 Å². The standard InChI is InChI=1S/C14H22FN3O2S/c1-10-12(15)7-11(8-13(10)16)21(19,20)17-9-14(18(2)3)5-4-6-14/h7-8,17H,4-6,9,16H2,1-3H3. The Hall–Kier alpha value is -1.18. The van der Waals surface area contributed by atoms with E-state index in [4.69, 9.17) is 5.73 Å². The maximum Gasteiger partial charge on any atom is 0.240 e. The molecule has 1 fully saturated rings. The smallest absolute Gasteiger partial charge is 0.240 e. The van der Waals surface area contributed by atoms with Gasteiger partial charge in [-0.2, -0.15) is 0 Å². The van der Waals surface area contributed by atoms with E-state index in [1.807, 2.05) is 19.0 Å². The summed E-state index contributed by atoms with van der Waals surface area (Å²) in [5, 5.41) is 0. The molecule has 0 radical (unpaired) electrons. The van der Waals surface area contributed by atoms with E-state index in [1.54, 1.807) is 0 Å². The Bertz CT molecular complexity index is 617. The Balaban J connectivity index is 2.19. The van der Waals surface area contributed by atoms with Crippen LogP contribution in [0.3, 0.4) is 0 Å². The van der Waals surface area contributed by atoms with E-state index < -0.39 is 15.8 Å². The van der Waals surface area contributed by atoms with Crippen molar-refractivity contribution in [1.82, 2.24) is 9.62 Å². The summed E-state index contributed by atoms with van der Waals surface area (Å²) in [6, 6.07) is 2.31. The zero-order valence-corrected chi connectivity index (χ0v) is 13.4. The second-order valence-electron chi connectivity index (χ2n) is 5.92. The molecule has 0 unspecified atom stereocenters. The number of hydrogen-bond donors (Lipinski definition) is 2. The lowest BCUT2D eigenvalue weighted by molar-refractivity contribution is 0.0657. The molecule has 0 heterocycles. The Labute approximate surface area is 125 Å². The molecule has 5 nitrogen and oxygen atoms in total. The van der Waals surface area contributed by atoms with Crippen LogP contribution in [-0.2, 0) is 10.0 Å². The van der Waals surface area contributed by atoms with Gasteiger partial charge in [-0.15, -0.1) is 0 Å². The third-order valence-corrected chi connectivity index (χ3v) is 5.87. The van der Waals surface area contributed by atoms with Crippen molar-refractivity contribution >= 4 is 15.7 Å². The summed E-state index contributed by atoms with van der Waals surface area (Å²) in [7, 11) is 0.121. The van der Waals surface area contributed by atoms with E-state index in [2.05, 4.69) is 4.72 Å². The summed E-state index contributed by atoms with van der Waals surface area (Å²) in [5.41, 5.74) is 5.91. The maximum absolute atomic E-state index is 13.7. The number of sulfonamides is 1. The normalized spacial score (nSPS) is 17.8. The SMILES string of the molecule is Cc1c(N)cc(S(=O)(=O)NCC2(N(C)C)CCC2)cc1F. The van der Waals surface area contributed by atoms with E-state index in [0.29, 0.717) is 6.54 Å². The summed E-state index contributed by atoms with van der Waals surface area (Å²) in [5.74, 6) is -0.610. The lowest BCUT2D eigenvalue weighted by Gasteiger charge is -2.47. The molecular weight excluding hydrogens is 293 g/mol. The average Bonchev–Trinajstić information content (AvgIpc) is 2.33. The highest BCUT2D eigenvalue weighted by atomic mass is 32.2. The fourth-order valence-electron chi connectivity index (χ4n) is 2.51. The van der Waals surface area contributed by atoms with Gasteiger partial charge in [0.2, 0.25) is 10.0 Å². The van der Waals surface area contributed by atoms with Crippen LogP contribution in [0.1, 0.15) is 24.8 Å². The van der Waals surface area contributed by atoms with Crippen molar-refractivity contribution in [3.8, 4) is 0 Å². The summed E-state index contributed by atoms with van der Waals surface area (Å²) in [6.07, 6.45) is 2.99. The second-order valence-corrected chi connectivity index (χ2v) is 7.68. The van der Waals surface area contributed by atoms with Gasteiger partial charge in [-0.1, -0.05) is 0 Å². The first-order chi connectivity index (χ1) is 9.68. The van der Waals surface area contributed by atoms with Crippen LogP contribution in [0.5, 0.6) is 0 Å². The third-order valence-electron chi connectivity index (χ3n) is 4.49. The molecule has 1 saturated carbocycles. The second kappa shape index (κ2) is 5.55. The molecule has 0 atom stereocenters. The van der Waals surface area contributed by atoms with Gasteiger partial charge in [-0.05, 0) is 52.4 Å². The van der Waals surface area contributed by atoms with Gasteiger partial charge < -0.3 is 10.6 Å². The van der Waals surface area contributed by atoms with Crippen molar-refractivity contribution in [3.05, 3.63) is 23.5 Å². The molecule has 7 heteroatoms. The van der Waals surface area contributed by atoms with Gasteiger partial charge in [0.25, 0.3) is 0 Å². The van der Waals surface area contributed by atoms with Crippen molar-refractivity contribution in [1.29, 1.82) is 0 Å². The molecule has 0 saturated heterocycles. The lowest BCUT2D eigenvalue weighted by atomic mass is 9.76. The minimum atomic E-state index is -3.76. The number of halogens is 1. The van der Waals surface area contributed by atoms with Crippen molar-refractivity contribution in [2.45, 2.75) is 36.6 Å². The highest BCUT2D eigenvalue weighted by molar-refractivity contribution is 7.89. The molecule has 1 aliphatic rings. The van der Waals surface area contributed by atoms with Crippen LogP contribution >= 0.6 is 0 Å².